The number of hydrogen-bond donors (Lipinski definition) is 0. The van der Waals surface area contributed by atoms with Crippen LogP contribution in [-0.2, 0) is 0 Å². The van der Waals surface area contributed by atoms with E-state index in [1.54, 1.807) is 6.42 Å². The Morgan fingerprint density at radius 3 is 1.62 bits per heavy atom. The molecule has 0 aromatic carbocycles. The van der Waals surface area contributed by atoms with E-state index < -0.39 is 0 Å². The van der Waals surface area contributed by atoms with E-state index in [2.05, 4.69) is 0 Å². The molecule has 8 fully saturated rings. The largest absolute Gasteiger partial charge is 0.114 e. The molecule has 0 heterocycles. The first-order valence-electron chi connectivity index (χ1n) is 9.61. The first-order valence-corrected chi connectivity index (χ1v) is 9.99. The third-order valence-electron chi connectivity index (χ3n) is 8.35. The van der Waals surface area contributed by atoms with E-state index in [0.29, 0.717) is 0 Å². The number of allylic oxidation sites excluding steroid dienone is 2. The molecule has 2 atom stereocenters. The second-order valence-electron chi connectivity index (χ2n) is 9.68. The zero-order chi connectivity index (χ0) is 13.8. The zero-order valence-electron chi connectivity index (χ0n) is 13.0. The van der Waals surface area contributed by atoms with E-state index in [1.807, 2.05) is 11.1 Å². The quantitative estimate of drug-likeness (QED) is 0.406. The van der Waals surface area contributed by atoms with Gasteiger partial charge in [-0.05, 0) is 111 Å². The van der Waals surface area contributed by atoms with Crippen molar-refractivity contribution in [1.29, 1.82) is 0 Å². The van der Waals surface area contributed by atoms with Gasteiger partial charge in [0.25, 0.3) is 0 Å². The maximum Gasteiger partial charge on any atom is 0.0665 e. The Morgan fingerprint density at radius 2 is 1.10 bits per heavy atom. The summed E-state index contributed by atoms with van der Waals surface area (Å²) < 4.78 is 0. The number of halogens is 1. The van der Waals surface area contributed by atoms with Gasteiger partial charge in [-0.1, -0.05) is 5.57 Å². The molecule has 1 heteroatoms. The van der Waals surface area contributed by atoms with Crippen molar-refractivity contribution in [2.45, 2.75) is 69.1 Å². The summed E-state index contributed by atoms with van der Waals surface area (Å²) >= 11 is 7.33. The van der Waals surface area contributed by atoms with Crippen molar-refractivity contribution in [3.8, 4) is 0 Å². The molecule has 0 N–H and O–H groups in total. The molecule has 2 unspecified atom stereocenters. The Balaban J connectivity index is 1.49. The van der Waals surface area contributed by atoms with Gasteiger partial charge in [-0.15, -0.1) is 11.6 Å². The number of rotatable bonds is 0. The van der Waals surface area contributed by atoms with Crippen molar-refractivity contribution in [2.75, 3.05) is 0 Å². The van der Waals surface area contributed by atoms with E-state index in [1.165, 1.54) is 57.8 Å². The van der Waals surface area contributed by atoms with E-state index in [9.17, 15) is 0 Å². The maximum atomic E-state index is 7.33. The van der Waals surface area contributed by atoms with E-state index in [4.69, 9.17) is 11.6 Å². The predicted octanol–water partition coefficient (Wildman–Crippen LogP) is 5.56. The highest BCUT2D eigenvalue weighted by molar-refractivity contribution is 6.26. The predicted molar refractivity (Wildman–Crippen MR) is 86.2 cm³/mol. The van der Waals surface area contributed by atoms with Gasteiger partial charge in [0.15, 0.2) is 0 Å². The molecular formula is C20H27Cl. The number of alkyl halides is 1. The highest BCUT2D eigenvalue weighted by Crippen LogP contribution is 2.66. The molecule has 0 radical (unpaired) electrons. The summed E-state index contributed by atoms with van der Waals surface area (Å²) in [6, 6.07) is 0. The van der Waals surface area contributed by atoms with Crippen LogP contribution in [-0.4, -0.2) is 4.87 Å². The van der Waals surface area contributed by atoms with Gasteiger partial charge in [0.2, 0.25) is 0 Å². The topological polar surface area (TPSA) is 0 Å². The van der Waals surface area contributed by atoms with Crippen LogP contribution in [0.4, 0.5) is 0 Å². The van der Waals surface area contributed by atoms with Gasteiger partial charge in [-0.25, -0.2) is 0 Å². The van der Waals surface area contributed by atoms with Crippen LogP contribution < -0.4 is 0 Å². The fourth-order valence-electron chi connectivity index (χ4n) is 8.34. The van der Waals surface area contributed by atoms with E-state index in [-0.39, 0.29) is 4.87 Å². The van der Waals surface area contributed by atoms with Crippen molar-refractivity contribution < 1.29 is 0 Å². The second kappa shape index (κ2) is 3.92. The van der Waals surface area contributed by atoms with E-state index >= 15 is 0 Å². The van der Waals surface area contributed by atoms with Crippen molar-refractivity contribution in [1.82, 2.24) is 0 Å². The number of hydrogen-bond acceptors (Lipinski definition) is 0. The minimum atomic E-state index is 0.124. The highest BCUT2D eigenvalue weighted by atomic mass is 35.5. The van der Waals surface area contributed by atoms with Crippen LogP contribution in [0.25, 0.3) is 0 Å². The standard InChI is InChI=1S/C20H27Cl/c21-20-9-13-2-14(10-20)8-17(7-13)19(20)18-15-3-11-1-12(5-15)6-16(18)4-11/h11-17H,1-10H2. The Labute approximate surface area is 133 Å². The minimum absolute atomic E-state index is 0.124. The molecule has 8 rings (SSSR count). The summed E-state index contributed by atoms with van der Waals surface area (Å²) in [5.74, 6) is 6.94. The second-order valence-corrected chi connectivity index (χ2v) is 10.4. The lowest BCUT2D eigenvalue weighted by atomic mass is 9.48. The first-order chi connectivity index (χ1) is 10.2. The molecule has 21 heavy (non-hydrogen) atoms. The van der Waals surface area contributed by atoms with Gasteiger partial charge in [-0.3, -0.25) is 0 Å². The minimum Gasteiger partial charge on any atom is -0.114 e. The Bertz CT molecular complexity index is 486. The summed E-state index contributed by atoms with van der Waals surface area (Å²) in [7, 11) is 0. The average molecular weight is 303 g/mol. The lowest BCUT2D eigenvalue weighted by Gasteiger charge is -2.60. The molecule has 0 saturated heterocycles. The lowest BCUT2D eigenvalue weighted by Crippen LogP contribution is -2.52. The third kappa shape index (κ3) is 1.59. The van der Waals surface area contributed by atoms with Gasteiger partial charge in [0, 0.05) is 0 Å². The smallest absolute Gasteiger partial charge is 0.0665 e. The maximum absolute atomic E-state index is 7.33. The van der Waals surface area contributed by atoms with Crippen molar-refractivity contribution in [3.63, 3.8) is 0 Å². The molecule has 8 aliphatic carbocycles. The monoisotopic (exact) mass is 302 g/mol. The molecule has 0 nitrogen and oxygen atoms in total. The van der Waals surface area contributed by atoms with Crippen molar-refractivity contribution in [2.24, 2.45) is 41.4 Å². The van der Waals surface area contributed by atoms with E-state index in [0.717, 1.165) is 41.4 Å². The van der Waals surface area contributed by atoms with Crippen LogP contribution >= 0.6 is 11.6 Å². The lowest BCUT2D eigenvalue weighted by molar-refractivity contribution is 0.0480. The molecule has 0 aromatic rings. The van der Waals surface area contributed by atoms with Crippen molar-refractivity contribution >= 4 is 11.6 Å². The molecular weight excluding hydrogens is 276 g/mol. The van der Waals surface area contributed by atoms with Crippen LogP contribution in [0.2, 0.25) is 0 Å². The van der Waals surface area contributed by atoms with Gasteiger partial charge in [0.1, 0.15) is 0 Å². The van der Waals surface area contributed by atoms with Gasteiger partial charge < -0.3 is 0 Å². The molecule has 0 aliphatic heterocycles. The van der Waals surface area contributed by atoms with Gasteiger partial charge in [-0.2, -0.15) is 0 Å². The summed E-state index contributed by atoms with van der Waals surface area (Å²) in [6.07, 6.45) is 14.8. The van der Waals surface area contributed by atoms with Gasteiger partial charge in [0.05, 0.1) is 4.87 Å². The van der Waals surface area contributed by atoms with Crippen LogP contribution in [0, 0.1) is 41.4 Å². The first kappa shape index (κ1) is 12.5. The molecule has 8 saturated carbocycles. The fourth-order valence-corrected chi connectivity index (χ4v) is 9.04. The molecule has 114 valence electrons. The summed E-state index contributed by atoms with van der Waals surface area (Å²) in [5, 5.41) is 0. The Kier molecular flexibility index (Phi) is 2.32. The Hall–Kier alpha value is 0.0300. The van der Waals surface area contributed by atoms with Gasteiger partial charge >= 0.3 is 0 Å². The summed E-state index contributed by atoms with van der Waals surface area (Å²) in [6.45, 7) is 0. The third-order valence-corrected chi connectivity index (χ3v) is 8.86. The molecule has 0 amide bonds. The molecule has 8 aliphatic rings. The SMILES string of the molecule is ClC12CC3CC(CC(C3)C1=C1C3CC4CC(C3)CC1C4)C2. The fraction of sp³-hybridized carbons (Fsp3) is 0.900. The normalized spacial score (nSPS) is 60.1. The van der Waals surface area contributed by atoms with Crippen LogP contribution in [0.5, 0.6) is 0 Å². The molecule has 8 bridgehead atoms. The summed E-state index contributed by atoms with van der Waals surface area (Å²) in [4.78, 5) is 0.124. The van der Waals surface area contributed by atoms with Crippen LogP contribution in [0.15, 0.2) is 11.1 Å². The van der Waals surface area contributed by atoms with Crippen LogP contribution in [0.1, 0.15) is 64.2 Å². The highest BCUT2D eigenvalue weighted by Gasteiger charge is 2.57. The zero-order valence-corrected chi connectivity index (χ0v) is 13.7. The molecule has 0 spiro atoms. The molecule has 0 aromatic heterocycles. The van der Waals surface area contributed by atoms with Crippen molar-refractivity contribution in [3.05, 3.63) is 11.1 Å². The van der Waals surface area contributed by atoms with Crippen LogP contribution in [0.3, 0.4) is 0 Å². The summed E-state index contributed by atoms with van der Waals surface area (Å²) in [5.41, 5.74) is 3.81. The Morgan fingerprint density at radius 1 is 0.619 bits per heavy atom. The average Bonchev–Trinajstić information content (AvgIpc) is 2.38.